The van der Waals surface area contributed by atoms with Crippen molar-refractivity contribution in [1.82, 2.24) is 19.9 Å². The van der Waals surface area contributed by atoms with Crippen LogP contribution in [0.25, 0.3) is 0 Å². The van der Waals surface area contributed by atoms with Gasteiger partial charge in [0.25, 0.3) is 5.91 Å². The first-order valence-electron chi connectivity index (χ1n) is 8.47. The van der Waals surface area contributed by atoms with Gasteiger partial charge in [-0.25, -0.2) is 9.97 Å². The highest BCUT2D eigenvalue weighted by atomic mass is 16.2. The minimum atomic E-state index is -0.0643. The molecule has 1 saturated carbocycles. The molecule has 24 heavy (non-hydrogen) atoms. The lowest BCUT2D eigenvalue weighted by Crippen LogP contribution is -2.36. The van der Waals surface area contributed by atoms with Crippen molar-refractivity contribution in [2.24, 2.45) is 5.92 Å². The van der Waals surface area contributed by atoms with Crippen LogP contribution in [0.4, 0.5) is 5.82 Å². The normalized spacial score (nSPS) is 17.4. The van der Waals surface area contributed by atoms with Gasteiger partial charge in [0.15, 0.2) is 0 Å². The summed E-state index contributed by atoms with van der Waals surface area (Å²) in [6, 6.07) is 4.00. The van der Waals surface area contributed by atoms with Crippen LogP contribution in [0.1, 0.15) is 34.6 Å². The number of hydrogen-bond acceptors (Lipinski definition) is 5. The fourth-order valence-corrected chi connectivity index (χ4v) is 3.10. The highest BCUT2D eigenvalue weighted by Gasteiger charge is 2.29. The van der Waals surface area contributed by atoms with Crippen molar-refractivity contribution < 1.29 is 4.79 Å². The van der Waals surface area contributed by atoms with Crippen molar-refractivity contribution in [3.63, 3.8) is 0 Å². The Morgan fingerprint density at radius 2 is 2.08 bits per heavy atom. The van der Waals surface area contributed by atoms with E-state index in [-0.39, 0.29) is 5.91 Å². The summed E-state index contributed by atoms with van der Waals surface area (Å²) in [6.07, 6.45) is 7.65. The van der Waals surface area contributed by atoms with Gasteiger partial charge in [-0.1, -0.05) is 6.07 Å². The first-order chi connectivity index (χ1) is 11.7. The highest BCUT2D eigenvalue weighted by molar-refractivity contribution is 5.92. The Balaban J connectivity index is 1.58. The largest absolute Gasteiger partial charge is 0.354 e. The first kappa shape index (κ1) is 15.1. The molecule has 0 saturated heterocycles. The standard InChI is InChI=1S/C18H21N5O/c1-13-9-21-16(10-20-13)18(24)23-8-7-22(11-14-4-5-14)17-15(12-23)3-2-6-19-17/h2-3,6,9-10,14H,4-5,7-8,11-12H2,1H3. The van der Waals surface area contributed by atoms with E-state index in [1.807, 2.05) is 24.1 Å². The molecule has 124 valence electrons. The van der Waals surface area contributed by atoms with E-state index in [0.29, 0.717) is 18.8 Å². The molecule has 1 aliphatic heterocycles. The maximum Gasteiger partial charge on any atom is 0.274 e. The summed E-state index contributed by atoms with van der Waals surface area (Å²) in [4.78, 5) is 30.0. The molecule has 0 N–H and O–H groups in total. The molecule has 0 aromatic carbocycles. The molecule has 6 heteroatoms. The van der Waals surface area contributed by atoms with E-state index in [2.05, 4.69) is 25.9 Å². The van der Waals surface area contributed by atoms with Crippen molar-refractivity contribution in [1.29, 1.82) is 0 Å². The molecule has 2 aromatic rings. The van der Waals surface area contributed by atoms with Gasteiger partial charge in [-0.3, -0.25) is 9.78 Å². The highest BCUT2D eigenvalue weighted by Crippen LogP contribution is 2.32. The Hall–Kier alpha value is -2.50. The summed E-state index contributed by atoms with van der Waals surface area (Å²) < 4.78 is 0. The monoisotopic (exact) mass is 323 g/mol. The van der Waals surface area contributed by atoms with Crippen molar-refractivity contribution in [2.75, 3.05) is 24.5 Å². The molecule has 1 aliphatic carbocycles. The lowest BCUT2D eigenvalue weighted by molar-refractivity contribution is 0.0745. The number of carbonyl (C=O) groups is 1. The van der Waals surface area contributed by atoms with Crippen LogP contribution in [0, 0.1) is 12.8 Å². The predicted octanol–water partition coefficient (Wildman–Crippen LogP) is 2.05. The molecule has 0 spiro atoms. The summed E-state index contributed by atoms with van der Waals surface area (Å²) in [7, 11) is 0. The van der Waals surface area contributed by atoms with E-state index in [9.17, 15) is 4.79 Å². The van der Waals surface area contributed by atoms with Crippen LogP contribution < -0.4 is 4.90 Å². The summed E-state index contributed by atoms with van der Waals surface area (Å²) in [5.41, 5.74) is 2.32. The van der Waals surface area contributed by atoms with Crippen molar-refractivity contribution >= 4 is 11.7 Å². The van der Waals surface area contributed by atoms with Crippen LogP contribution in [0.3, 0.4) is 0 Å². The molecule has 2 aromatic heterocycles. The number of nitrogens with zero attached hydrogens (tertiary/aromatic N) is 5. The molecule has 0 radical (unpaired) electrons. The van der Waals surface area contributed by atoms with Crippen LogP contribution in [-0.2, 0) is 6.54 Å². The Bertz CT molecular complexity index is 741. The number of carbonyl (C=O) groups excluding carboxylic acids is 1. The molecule has 3 heterocycles. The third kappa shape index (κ3) is 3.09. The lowest BCUT2D eigenvalue weighted by atomic mass is 10.2. The molecular weight excluding hydrogens is 302 g/mol. The van der Waals surface area contributed by atoms with Gasteiger partial charge < -0.3 is 9.80 Å². The van der Waals surface area contributed by atoms with Gasteiger partial charge in [0.05, 0.1) is 11.9 Å². The number of anilines is 1. The van der Waals surface area contributed by atoms with E-state index in [1.54, 1.807) is 12.4 Å². The number of pyridine rings is 1. The minimum Gasteiger partial charge on any atom is -0.354 e. The third-order valence-electron chi connectivity index (χ3n) is 4.63. The second kappa shape index (κ2) is 6.19. The lowest BCUT2D eigenvalue weighted by Gasteiger charge is -2.23. The van der Waals surface area contributed by atoms with Crippen LogP contribution in [0.5, 0.6) is 0 Å². The van der Waals surface area contributed by atoms with Crippen LogP contribution in [0.2, 0.25) is 0 Å². The molecule has 0 atom stereocenters. The van der Waals surface area contributed by atoms with E-state index >= 15 is 0 Å². The molecule has 0 unspecified atom stereocenters. The minimum absolute atomic E-state index is 0.0643. The molecule has 6 nitrogen and oxygen atoms in total. The molecule has 2 aliphatic rings. The van der Waals surface area contributed by atoms with Crippen molar-refractivity contribution in [3.05, 3.63) is 47.7 Å². The van der Waals surface area contributed by atoms with Crippen LogP contribution >= 0.6 is 0 Å². The molecule has 4 rings (SSSR count). The number of amides is 1. The smallest absolute Gasteiger partial charge is 0.274 e. The van der Waals surface area contributed by atoms with E-state index in [1.165, 1.54) is 12.8 Å². The number of fused-ring (bicyclic) bond motifs is 1. The van der Waals surface area contributed by atoms with E-state index in [4.69, 9.17) is 0 Å². The summed E-state index contributed by atoms with van der Waals surface area (Å²) >= 11 is 0. The topological polar surface area (TPSA) is 62.2 Å². The fourth-order valence-electron chi connectivity index (χ4n) is 3.10. The summed E-state index contributed by atoms with van der Waals surface area (Å²) in [5, 5.41) is 0. The zero-order valence-electron chi connectivity index (χ0n) is 13.9. The molecule has 1 amide bonds. The zero-order valence-corrected chi connectivity index (χ0v) is 13.9. The number of aromatic nitrogens is 3. The number of rotatable bonds is 3. The Morgan fingerprint density at radius 3 is 2.83 bits per heavy atom. The maximum absolute atomic E-state index is 12.8. The average Bonchev–Trinajstić information content (AvgIpc) is 3.43. The van der Waals surface area contributed by atoms with E-state index in [0.717, 1.165) is 36.1 Å². The second-order valence-corrected chi connectivity index (χ2v) is 6.65. The number of aryl methyl sites for hydroxylation is 1. The van der Waals surface area contributed by atoms with Gasteiger partial charge in [-0.05, 0) is 31.7 Å². The Labute approximate surface area is 141 Å². The maximum atomic E-state index is 12.8. The van der Waals surface area contributed by atoms with Gasteiger partial charge in [0.2, 0.25) is 0 Å². The molecule has 0 bridgehead atoms. The Kier molecular flexibility index (Phi) is 3.88. The van der Waals surface area contributed by atoms with Gasteiger partial charge in [0, 0.05) is 44.1 Å². The van der Waals surface area contributed by atoms with Crippen molar-refractivity contribution in [2.45, 2.75) is 26.3 Å². The summed E-state index contributed by atoms with van der Waals surface area (Å²) in [5.74, 6) is 1.74. The van der Waals surface area contributed by atoms with E-state index < -0.39 is 0 Å². The summed E-state index contributed by atoms with van der Waals surface area (Å²) in [6.45, 7) is 4.96. The Morgan fingerprint density at radius 1 is 1.21 bits per heavy atom. The van der Waals surface area contributed by atoms with Gasteiger partial charge in [-0.15, -0.1) is 0 Å². The van der Waals surface area contributed by atoms with Crippen molar-refractivity contribution in [3.8, 4) is 0 Å². The van der Waals surface area contributed by atoms with Gasteiger partial charge >= 0.3 is 0 Å². The molecule has 1 fully saturated rings. The second-order valence-electron chi connectivity index (χ2n) is 6.65. The van der Waals surface area contributed by atoms with Gasteiger partial charge in [-0.2, -0.15) is 0 Å². The van der Waals surface area contributed by atoms with Gasteiger partial charge in [0.1, 0.15) is 11.5 Å². The first-order valence-corrected chi connectivity index (χ1v) is 8.47. The van der Waals surface area contributed by atoms with Crippen LogP contribution in [-0.4, -0.2) is 45.4 Å². The third-order valence-corrected chi connectivity index (χ3v) is 4.63. The van der Waals surface area contributed by atoms with Crippen LogP contribution in [0.15, 0.2) is 30.7 Å². The predicted molar refractivity (Wildman–Crippen MR) is 90.7 cm³/mol. The molecular formula is C18H21N5O. The number of hydrogen-bond donors (Lipinski definition) is 0. The average molecular weight is 323 g/mol. The zero-order chi connectivity index (χ0) is 16.5. The quantitative estimate of drug-likeness (QED) is 0.865. The fraction of sp³-hybridized carbons (Fsp3) is 0.444. The SMILES string of the molecule is Cc1cnc(C(=O)N2CCN(CC3CC3)c3ncccc3C2)cn1.